The molecular weight excluding hydrogens is 305 g/mol. The molecule has 15 heavy (non-hydrogen) atoms. The molecule has 1 rings (SSSR count). The monoisotopic (exact) mass is 321 g/mol. The van der Waals surface area contributed by atoms with E-state index in [4.69, 9.17) is 10.5 Å². The molecular formula is C10H16IN3O. The molecule has 0 aliphatic rings. The summed E-state index contributed by atoms with van der Waals surface area (Å²) in [6.07, 6.45) is 2.55. The van der Waals surface area contributed by atoms with Crippen molar-refractivity contribution >= 4 is 28.4 Å². The fourth-order valence-corrected chi connectivity index (χ4v) is 1.54. The summed E-state index contributed by atoms with van der Waals surface area (Å²) >= 11 is 2.11. The van der Waals surface area contributed by atoms with E-state index in [9.17, 15) is 0 Å². The maximum absolute atomic E-state index is 5.75. The number of rotatable bonds is 4. The third kappa shape index (κ3) is 2.78. The highest BCUT2D eigenvalue weighted by Gasteiger charge is 2.28. The number of ether oxygens (including phenoxy) is 1. The van der Waals surface area contributed by atoms with E-state index in [-0.39, 0.29) is 0 Å². The number of nitrogens with two attached hydrogens (primary N) is 1. The molecule has 0 radical (unpaired) electrons. The maximum Gasteiger partial charge on any atom is 0.162 e. The summed E-state index contributed by atoms with van der Waals surface area (Å²) in [6.45, 7) is 6.63. The van der Waals surface area contributed by atoms with Crippen molar-refractivity contribution in [3.63, 3.8) is 0 Å². The summed E-state index contributed by atoms with van der Waals surface area (Å²) in [5.74, 6) is 1.17. The molecule has 0 amide bonds. The van der Waals surface area contributed by atoms with Gasteiger partial charge in [0.15, 0.2) is 5.82 Å². The topological polar surface area (TPSA) is 61.0 Å². The van der Waals surface area contributed by atoms with Crippen molar-refractivity contribution in [1.82, 2.24) is 9.97 Å². The average Bonchev–Trinajstić information content (AvgIpc) is 2.22. The van der Waals surface area contributed by atoms with Gasteiger partial charge < -0.3 is 10.5 Å². The summed E-state index contributed by atoms with van der Waals surface area (Å²) in [5, 5.41) is 0. The third-order valence-electron chi connectivity index (χ3n) is 2.38. The lowest BCUT2D eigenvalue weighted by Gasteiger charge is -2.26. The number of halogens is 1. The average molecular weight is 321 g/mol. The Morgan fingerprint density at radius 3 is 2.67 bits per heavy atom. The second-order valence-corrected chi connectivity index (χ2v) is 4.61. The lowest BCUT2D eigenvalue weighted by atomic mass is 10.0. The van der Waals surface area contributed by atoms with Crippen LogP contribution in [0.4, 0.5) is 5.82 Å². The predicted octanol–water partition coefficient (Wildman–Crippen LogP) is 2.33. The molecule has 0 spiro atoms. The van der Waals surface area contributed by atoms with Crippen molar-refractivity contribution in [2.24, 2.45) is 0 Å². The van der Waals surface area contributed by atoms with Gasteiger partial charge in [-0.2, -0.15) is 0 Å². The highest BCUT2D eigenvalue weighted by Crippen LogP contribution is 2.27. The van der Waals surface area contributed by atoms with Gasteiger partial charge in [0.1, 0.15) is 11.4 Å². The fraction of sp³-hybridized carbons (Fsp3) is 0.600. The zero-order chi connectivity index (χ0) is 11.5. The normalized spacial score (nSPS) is 14.9. The minimum Gasteiger partial charge on any atom is -0.383 e. The van der Waals surface area contributed by atoms with Crippen molar-refractivity contribution in [3.8, 4) is 0 Å². The van der Waals surface area contributed by atoms with Crippen LogP contribution in [0, 0.1) is 3.57 Å². The molecule has 2 N–H and O–H groups in total. The van der Waals surface area contributed by atoms with Gasteiger partial charge in [0.2, 0.25) is 0 Å². The van der Waals surface area contributed by atoms with Crippen molar-refractivity contribution in [2.75, 3.05) is 12.3 Å². The van der Waals surface area contributed by atoms with Gasteiger partial charge in [0.05, 0.1) is 3.57 Å². The number of nitrogens with zero attached hydrogens (tertiary/aromatic N) is 2. The first kappa shape index (κ1) is 12.6. The highest BCUT2D eigenvalue weighted by molar-refractivity contribution is 14.1. The van der Waals surface area contributed by atoms with Crippen LogP contribution in [0.2, 0.25) is 0 Å². The molecule has 1 aromatic heterocycles. The SMILES string of the molecule is CCOC(C)(CC)c1ncc(I)c(N)n1. The van der Waals surface area contributed by atoms with Gasteiger partial charge in [0, 0.05) is 12.8 Å². The first-order valence-corrected chi connectivity index (χ1v) is 6.03. The summed E-state index contributed by atoms with van der Waals surface area (Å²) in [7, 11) is 0. The Bertz CT molecular complexity index is 345. The van der Waals surface area contributed by atoms with Crippen LogP contribution in [0.15, 0.2) is 6.20 Å². The summed E-state index contributed by atoms with van der Waals surface area (Å²) < 4.78 is 6.54. The Morgan fingerprint density at radius 2 is 2.20 bits per heavy atom. The van der Waals surface area contributed by atoms with Crippen molar-refractivity contribution < 1.29 is 4.74 Å². The Kier molecular flexibility index (Phi) is 4.27. The van der Waals surface area contributed by atoms with Crippen LogP contribution in [0.3, 0.4) is 0 Å². The molecule has 84 valence electrons. The van der Waals surface area contributed by atoms with Crippen LogP contribution in [-0.2, 0) is 10.3 Å². The van der Waals surface area contributed by atoms with Gasteiger partial charge in [-0.15, -0.1) is 0 Å². The summed E-state index contributed by atoms with van der Waals surface area (Å²) in [4.78, 5) is 8.55. The summed E-state index contributed by atoms with van der Waals surface area (Å²) in [5.41, 5.74) is 5.32. The molecule has 0 aliphatic heterocycles. The minimum atomic E-state index is -0.437. The van der Waals surface area contributed by atoms with E-state index >= 15 is 0 Å². The van der Waals surface area contributed by atoms with Crippen LogP contribution in [0.1, 0.15) is 33.0 Å². The van der Waals surface area contributed by atoms with Crippen molar-refractivity contribution in [3.05, 3.63) is 15.6 Å². The highest BCUT2D eigenvalue weighted by atomic mass is 127. The smallest absolute Gasteiger partial charge is 0.162 e. The van der Waals surface area contributed by atoms with Crippen molar-refractivity contribution in [2.45, 2.75) is 32.8 Å². The van der Waals surface area contributed by atoms with Crippen molar-refractivity contribution in [1.29, 1.82) is 0 Å². The number of hydrogen-bond acceptors (Lipinski definition) is 4. The van der Waals surface area contributed by atoms with E-state index in [1.165, 1.54) is 0 Å². The fourth-order valence-electron chi connectivity index (χ4n) is 1.28. The molecule has 1 heterocycles. The lowest BCUT2D eigenvalue weighted by Crippen LogP contribution is -2.28. The first-order chi connectivity index (χ1) is 7.03. The maximum atomic E-state index is 5.75. The van der Waals surface area contributed by atoms with Gasteiger partial charge >= 0.3 is 0 Å². The van der Waals surface area contributed by atoms with Gasteiger partial charge in [-0.3, -0.25) is 0 Å². The molecule has 1 unspecified atom stereocenters. The van der Waals surface area contributed by atoms with Crippen LogP contribution in [0.5, 0.6) is 0 Å². The Morgan fingerprint density at radius 1 is 1.53 bits per heavy atom. The van der Waals surface area contributed by atoms with E-state index in [0.29, 0.717) is 18.2 Å². The van der Waals surface area contributed by atoms with Crippen LogP contribution >= 0.6 is 22.6 Å². The van der Waals surface area contributed by atoms with E-state index in [0.717, 1.165) is 9.99 Å². The van der Waals surface area contributed by atoms with Gasteiger partial charge in [-0.25, -0.2) is 9.97 Å². The molecule has 0 saturated heterocycles. The van der Waals surface area contributed by atoms with E-state index in [1.54, 1.807) is 6.20 Å². The summed E-state index contributed by atoms with van der Waals surface area (Å²) in [6, 6.07) is 0. The second kappa shape index (κ2) is 5.07. The van der Waals surface area contributed by atoms with Gasteiger partial charge in [0.25, 0.3) is 0 Å². The van der Waals surface area contributed by atoms with E-state index in [1.807, 2.05) is 20.8 Å². The van der Waals surface area contributed by atoms with Crippen LogP contribution in [0.25, 0.3) is 0 Å². The molecule has 0 fully saturated rings. The minimum absolute atomic E-state index is 0.437. The largest absolute Gasteiger partial charge is 0.383 e. The number of aromatic nitrogens is 2. The molecule has 1 aromatic rings. The molecule has 0 aliphatic carbocycles. The van der Waals surface area contributed by atoms with E-state index in [2.05, 4.69) is 32.6 Å². The Labute approximate surface area is 104 Å². The Balaban J connectivity index is 3.07. The second-order valence-electron chi connectivity index (χ2n) is 3.44. The number of nitrogen functional groups attached to an aromatic ring is 1. The quantitative estimate of drug-likeness (QED) is 0.865. The van der Waals surface area contributed by atoms with Gasteiger partial charge in [-0.1, -0.05) is 6.92 Å². The standard InChI is InChI=1S/C10H16IN3O/c1-4-10(3,15-5-2)9-13-6-7(11)8(12)14-9/h6H,4-5H2,1-3H3,(H2,12,13,14). The zero-order valence-corrected chi connectivity index (χ0v) is 11.4. The third-order valence-corrected chi connectivity index (χ3v) is 3.21. The first-order valence-electron chi connectivity index (χ1n) is 4.96. The molecule has 4 nitrogen and oxygen atoms in total. The molecule has 0 saturated carbocycles. The van der Waals surface area contributed by atoms with Crippen LogP contribution in [-0.4, -0.2) is 16.6 Å². The van der Waals surface area contributed by atoms with E-state index < -0.39 is 5.60 Å². The van der Waals surface area contributed by atoms with Gasteiger partial charge in [-0.05, 0) is 42.9 Å². The molecule has 1 atom stereocenters. The molecule has 0 bridgehead atoms. The Hall–Kier alpha value is -0.430. The lowest BCUT2D eigenvalue weighted by molar-refractivity contribution is -0.0389. The van der Waals surface area contributed by atoms with Crippen LogP contribution < -0.4 is 5.73 Å². The molecule has 5 heteroatoms. The number of anilines is 1. The number of hydrogen-bond donors (Lipinski definition) is 1. The predicted molar refractivity (Wildman–Crippen MR) is 68.4 cm³/mol. The zero-order valence-electron chi connectivity index (χ0n) is 9.25. The molecule has 0 aromatic carbocycles.